The summed E-state index contributed by atoms with van der Waals surface area (Å²) in [5.74, 6) is 0. The number of nitrogens with zero attached hydrogens (tertiary/aromatic N) is 2. The molecular weight excluding hydrogens is 252 g/mol. The summed E-state index contributed by atoms with van der Waals surface area (Å²) in [5.41, 5.74) is 2.49. The van der Waals surface area contributed by atoms with Crippen molar-refractivity contribution in [1.29, 1.82) is 0 Å². The second kappa shape index (κ2) is 7.50. The molecule has 0 atom stereocenters. The van der Waals surface area contributed by atoms with E-state index in [0.717, 1.165) is 39.3 Å². The zero-order valence-electron chi connectivity index (χ0n) is 12.6. The molecule has 0 aliphatic carbocycles. The van der Waals surface area contributed by atoms with Gasteiger partial charge in [-0.3, -0.25) is 0 Å². The van der Waals surface area contributed by atoms with Crippen molar-refractivity contribution in [2.45, 2.75) is 26.3 Å². The largest absolute Gasteiger partial charge is 0.396 e. The van der Waals surface area contributed by atoms with Crippen LogP contribution in [0.3, 0.4) is 0 Å². The zero-order valence-corrected chi connectivity index (χ0v) is 12.6. The van der Waals surface area contributed by atoms with E-state index in [1.807, 2.05) is 0 Å². The van der Waals surface area contributed by atoms with Gasteiger partial charge in [0.25, 0.3) is 0 Å². The fourth-order valence-corrected chi connectivity index (χ4v) is 2.60. The van der Waals surface area contributed by atoms with E-state index < -0.39 is 0 Å². The van der Waals surface area contributed by atoms with Crippen molar-refractivity contribution in [2.75, 3.05) is 49.3 Å². The molecule has 1 heterocycles. The molecule has 0 saturated carbocycles. The van der Waals surface area contributed by atoms with Gasteiger partial charge in [0.2, 0.25) is 0 Å². The Kier molecular flexibility index (Phi) is 5.68. The quantitative estimate of drug-likeness (QED) is 0.864. The van der Waals surface area contributed by atoms with Crippen LogP contribution in [0.25, 0.3) is 0 Å². The van der Waals surface area contributed by atoms with Gasteiger partial charge in [0, 0.05) is 43.7 Å². The lowest BCUT2D eigenvalue weighted by atomic mass is 10.2. The second-order valence-electron chi connectivity index (χ2n) is 5.48. The fourth-order valence-electron chi connectivity index (χ4n) is 2.60. The minimum absolute atomic E-state index is 0.245. The molecule has 20 heavy (non-hydrogen) atoms. The van der Waals surface area contributed by atoms with E-state index in [1.165, 1.54) is 11.4 Å². The summed E-state index contributed by atoms with van der Waals surface area (Å²) in [5, 5.41) is 9.01. The van der Waals surface area contributed by atoms with Gasteiger partial charge in [0.15, 0.2) is 0 Å². The summed E-state index contributed by atoms with van der Waals surface area (Å²) in [6.45, 7) is 9.09. The van der Waals surface area contributed by atoms with E-state index >= 15 is 0 Å². The minimum atomic E-state index is 0.245. The van der Waals surface area contributed by atoms with E-state index in [1.54, 1.807) is 0 Å². The van der Waals surface area contributed by atoms with E-state index in [-0.39, 0.29) is 6.61 Å². The number of aliphatic hydroxyl groups is 1. The number of ether oxygens (including phenoxy) is 1. The van der Waals surface area contributed by atoms with Crippen LogP contribution >= 0.6 is 0 Å². The molecular formula is C16H26N2O2. The molecule has 1 aliphatic rings. The van der Waals surface area contributed by atoms with Crippen LogP contribution in [0.15, 0.2) is 24.3 Å². The zero-order chi connectivity index (χ0) is 14.4. The van der Waals surface area contributed by atoms with E-state index in [9.17, 15) is 0 Å². The number of hydrogen-bond donors (Lipinski definition) is 1. The van der Waals surface area contributed by atoms with E-state index in [0.29, 0.717) is 6.04 Å². The van der Waals surface area contributed by atoms with Crippen molar-refractivity contribution in [3.05, 3.63) is 24.3 Å². The van der Waals surface area contributed by atoms with Crippen LogP contribution in [-0.2, 0) is 4.74 Å². The average Bonchev–Trinajstić information content (AvgIpc) is 2.49. The molecule has 0 bridgehead atoms. The summed E-state index contributed by atoms with van der Waals surface area (Å²) in [6.07, 6.45) is 0.809. The molecule has 1 N–H and O–H groups in total. The highest BCUT2D eigenvalue weighted by atomic mass is 16.5. The first-order valence-corrected chi connectivity index (χ1v) is 7.52. The number of hydrogen-bond acceptors (Lipinski definition) is 4. The van der Waals surface area contributed by atoms with Crippen LogP contribution in [0.2, 0.25) is 0 Å². The Morgan fingerprint density at radius 3 is 2.40 bits per heavy atom. The molecule has 112 valence electrons. The van der Waals surface area contributed by atoms with Gasteiger partial charge in [-0.15, -0.1) is 0 Å². The first-order chi connectivity index (χ1) is 9.72. The van der Waals surface area contributed by atoms with Gasteiger partial charge in [-0.05, 0) is 44.5 Å². The third-order valence-electron chi connectivity index (χ3n) is 3.74. The van der Waals surface area contributed by atoms with Gasteiger partial charge in [0.05, 0.1) is 13.2 Å². The van der Waals surface area contributed by atoms with Gasteiger partial charge >= 0.3 is 0 Å². The smallest absolute Gasteiger partial charge is 0.0642 e. The van der Waals surface area contributed by atoms with Crippen LogP contribution in [0.5, 0.6) is 0 Å². The topological polar surface area (TPSA) is 35.9 Å². The Balaban J connectivity index is 2.04. The van der Waals surface area contributed by atoms with Crippen molar-refractivity contribution in [2.24, 2.45) is 0 Å². The van der Waals surface area contributed by atoms with Gasteiger partial charge in [-0.1, -0.05) is 0 Å². The Morgan fingerprint density at radius 1 is 1.20 bits per heavy atom. The molecule has 4 heteroatoms. The van der Waals surface area contributed by atoms with Crippen LogP contribution in [0, 0.1) is 0 Å². The number of rotatable bonds is 6. The summed E-state index contributed by atoms with van der Waals surface area (Å²) < 4.78 is 5.39. The number of aliphatic hydroxyl groups excluding tert-OH is 1. The molecule has 0 unspecified atom stereocenters. The van der Waals surface area contributed by atoms with Crippen LogP contribution in [0.4, 0.5) is 11.4 Å². The lowest BCUT2D eigenvalue weighted by molar-refractivity contribution is 0.122. The molecule has 0 amide bonds. The molecule has 1 aromatic carbocycles. The summed E-state index contributed by atoms with van der Waals surface area (Å²) in [6, 6.07) is 9.18. The normalized spacial score (nSPS) is 15.7. The fraction of sp³-hybridized carbons (Fsp3) is 0.625. The lowest BCUT2D eigenvalue weighted by Crippen LogP contribution is -2.36. The molecule has 4 nitrogen and oxygen atoms in total. The van der Waals surface area contributed by atoms with Crippen LogP contribution in [0.1, 0.15) is 20.3 Å². The summed E-state index contributed by atoms with van der Waals surface area (Å²) in [4.78, 5) is 4.69. The standard InChI is InChI=1S/C16H26N2O2/c1-14(2)18(8-3-11-19)16-6-4-15(5-7-16)17-9-12-20-13-10-17/h4-7,14,19H,3,8-13H2,1-2H3. The van der Waals surface area contributed by atoms with Crippen molar-refractivity contribution < 1.29 is 9.84 Å². The van der Waals surface area contributed by atoms with Gasteiger partial charge in [0.1, 0.15) is 0 Å². The van der Waals surface area contributed by atoms with E-state index in [2.05, 4.69) is 47.9 Å². The monoisotopic (exact) mass is 278 g/mol. The van der Waals surface area contributed by atoms with Crippen molar-refractivity contribution in [3.8, 4) is 0 Å². The highest BCUT2D eigenvalue weighted by molar-refractivity contribution is 5.57. The average molecular weight is 278 g/mol. The first kappa shape index (κ1) is 15.1. The highest BCUT2D eigenvalue weighted by Gasteiger charge is 2.13. The molecule has 2 rings (SSSR count). The predicted octanol–water partition coefficient (Wildman–Crippen LogP) is 2.12. The third-order valence-corrected chi connectivity index (χ3v) is 3.74. The highest BCUT2D eigenvalue weighted by Crippen LogP contribution is 2.23. The molecule has 1 fully saturated rings. The molecule has 0 radical (unpaired) electrons. The van der Waals surface area contributed by atoms with Crippen molar-refractivity contribution in [1.82, 2.24) is 0 Å². The van der Waals surface area contributed by atoms with Gasteiger partial charge < -0.3 is 19.6 Å². The number of anilines is 2. The predicted molar refractivity (Wildman–Crippen MR) is 83.7 cm³/mol. The third kappa shape index (κ3) is 3.87. The van der Waals surface area contributed by atoms with Gasteiger partial charge in [-0.2, -0.15) is 0 Å². The van der Waals surface area contributed by atoms with Gasteiger partial charge in [-0.25, -0.2) is 0 Å². The number of benzene rings is 1. The Morgan fingerprint density at radius 2 is 1.85 bits per heavy atom. The maximum atomic E-state index is 9.01. The van der Waals surface area contributed by atoms with Crippen molar-refractivity contribution >= 4 is 11.4 Å². The number of morpholine rings is 1. The van der Waals surface area contributed by atoms with Crippen LogP contribution in [-0.4, -0.2) is 50.6 Å². The van der Waals surface area contributed by atoms with E-state index in [4.69, 9.17) is 9.84 Å². The first-order valence-electron chi connectivity index (χ1n) is 7.52. The Bertz CT molecular complexity index is 386. The Labute approximate surface area is 122 Å². The summed E-state index contributed by atoms with van der Waals surface area (Å²) in [7, 11) is 0. The Hall–Kier alpha value is -1.26. The summed E-state index contributed by atoms with van der Waals surface area (Å²) >= 11 is 0. The molecule has 0 spiro atoms. The lowest BCUT2D eigenvalue weighted by Gasteiger charge is -2.31. The maximum absolute atomic E-state index is 9.01. The minimum Gasteiger partial charge on any atom is -0.396 e. The van der Waals surface area contributed by atoms with Crippen molar-refractivity contribution in [3.63, 3.8) is 0 Å². The molecule has 0 aromatic heterocycles. The van der Waals surface area contributed by atoms with Crippen LogP contribution < -0.4 is 9.80 Å². The second-order valence-corrected chi connectivity index (χ2v) is 5.48. The SMILES string of the molecule is CC(C)N(CCCO)c1ccc(N2CCOCC2)cc1. The maximum Gasteiger partial charge on any atom is 0.0642 e. The molecule has 1 aromatic rings. The molecule has 1 aliphatic heterocycles. The molecule has 1 saturated heterocycles.